The molecule has 4 aromatic rings. The van der Waals surface area contributed by atoms with Gasteiger partial charge in [0.1, 0.15) is 5.76 Å². The lowest BCUT2D eigenvalue weighted by molar-refractivity contribution is 0.559. The van der Waals surface area contributed by atoms with Crippen molar-refractivity contribution in [2.75, 3.05) is 0 Å². The number of aromatic nitrogens is 2. The van der Waals surface area contributed by atoms with Crippen LogP contribution >= 0.6 is 15.9 Å². The molecule has 2 aromatic heterocycles. The standard InChI is InChI=1S/C19H12BrN3O2/c20-14-8-9-17-16(11-14)19(24)23(21-12-15-7-4-10-25-15)18(22-17)13-5-2-1-3-6-13/h1-12H/b21-12+. The Bertz CT molecular complexity index is 1120. The third-order valence-corrected chi connectivity index (χ3v) is 4.18. The van der Waals surface area contributed by atoms with Crippen LogP contribution in [0.1, 0.15) is 5.76 Å². The summed E-state index contributed by atoms with van der Waals surface area (Å²) in [5, 5.41) is 4.80. The molecule has 0 radical (unpaired) electrons. The molecular formula is C19H12BrN3O2. The molecule has 0 N–H and O–H groups in total. The molecule has 122 valence electrons. The van der Waals surface area contributed by atoms with Crippen LogP contribution < -0.4 is 5.56 Å². The molecule has 0 unspecified atom stereocenters. The molecule has 0 saturated heterocycles. The summed E-state index contributed by atoms with van der Waals surface area (Å²) in [6.07, 6.45) is 3.05. The molecule has 2 heterocycles. The Balaban J connectivity index is 1.99. The average Bonchev–Trinajstić information content (AvgIpc) is 3.15. The highest BCUT2D eigenvalue weighted by molar-refractivity contribution is 9.10. The number of benzene rings is 2. The number of fused-ring (bicyclic) bond motifs is 1. The number of hydrogen-bond donors (Lipinski definition) is 0. The van der Waals surface area contributed by atoms with Gasteiger partial charge in [0.25, 0.3) is 5.56 Å². The molecule has 0 bridgehead atoms. The zero-order chi connectivity index (χ0) is 17.2. The number of furan rings is 1. The van der Waals surface area contributed by atoms with E-state index in [4.69, 9.17) is 4.42 Å². The van der Waals surface area contributed by atoms with Crippen LogP contribution in [0.15, 0.2) is 85.7 Å². The summed E-state index contributed by atoms with van der Waals surface area (Å²) in [4.78, 5) is 17.6. The van der Waals surface area contributed by atoms with Crippen LogP contribution in [0.25, 0.3) is 22.3 Å². The minimum Gasteiger partial charge on any atom is -0.463 e. The molecule has 0 spiro atoms. The maximum Gasteiger partial charge on any atom is 0.282 e. The van der Waals surface area contributed by atoms with E-state index in [1.807, 2.05) is 42.5 Å². The number of nitrogens with zero attached hydrogens (tertiary/aromatic N) is 3. The van der Waals surface area contributed by atoms with E-state index in [0.29, 0.717) is 22.5 Å². The van der Waals surface area contributed by atoms with Gasteiger partial charge in [0.15, 0.2) is 5.82 Å². The largest absolute Gasteiger partial charge is 0.463 e. The maximum atomic E-state index is 13.0. The molecule has 4 rings (SSSR count). The Morgan fingerprint density at radius 2 is 1.92 bits per heavy atom. The SMILES string of the molecule is O=c1c2cc(Br)ccc2nc(-c2ccccc2)n1/N=C/c1ccco1. The topological polar surface area (TPSA) is 60.4 Å². The second-order valence-corrected chi connectivity index (χ2v) is 6.26. The Kier molecular flexibility index (Phi) is 4.03. The van der Waals surface area contributed by atoms with E-state index in [1.54, 1.807) is 24.5 Å². The third-order valence-electron chi connectivity index (χ3n) is 3.68. The van der Waals surface area contributed by atoms with Crippen LogP contribution in [0.5, 0.6) is 0 Å². The van der Waals surface area contributed by atoms with Crippen molar-refractivity contribution in [3.05, 3.63) is 87.5 Å². The van der Waals surface area contributed by atoms with Gasteiger partial charge in [0, 0.05) is 10.0 Å². The molecule has 25 heavy (non-hydrogen) atoms. The lowest BCUT2D eigenvalue weighted by Gasteiger charge is -2.09. The Morgan fingerprint density at radius 3 is 2.68 bits per heavy atom. The molecule has 2 aromatic carbocycles. The average molecular weight is 394 g/mol. The van der Waals surface area contributed by atoms with Crippen LogP contribution in [-0.4, -0.2) is 15.9 Å². The van der Waals surface area contributed by atoms with Gasteiger partial charge in [-0.2, -0.15) is 9.78 Å². The van der Waals surface area contributed by atoms with Crippen molar-refractivity contribution in [3.8, 4) is 11.4 Å². The van der Waals surface area contributed by atoms with Crippen molar-refractivity contribution in [1.29, 1.82) is 0 Å². The first-order chi connectivity index (χ1) is 12.2. The second kappa shape index (κ2) is 6.49. The highest BCUT2D eigenvalue weighted by Crippen LogP contribution is 2.21. The van der Waals surface area contributed by atoms with Gasteiger partial charge in [0.2, 0.25) is 0 Å². The van der Waals surface area contributed by atoms with E-state index in [-0.39, 0.29) is 5.56 Å². The molecule has 0 aliphatic heterocycles. The summed E-state index contributed by atoms with van der Waals surface area (Å²) < 4.78 is 7.37. The number of halogens is 1. The van der Waals surface area contributed by atoms with Crippen LogP contribution in [-0.2, 0) is 0 Å². The van der Waals surface area contributed by atoms with E-state index < -0.39 is 0 Å². The summed E-state index contributed by atoms with van der Waals surface area (Å²) in [6.45, 7) is 0. The zero-order valence-corrected chi connectivity index (χ0v) is 14.6. The normalized spacial score (nSPS) is 11.4. The smallest absolute Gasteiger partial charge is 0.282 e. The van der Waals surface area contributed by atoms with Gasteiger partial charge in [-0.25, -0.2) is 4.98 Å². The zero-order valence-electron chi connectivity index (χ0n) is 13.0. The van der Waals surface area contributed by atoms with Crippen molar-refractivity contribution in [2.45, 2.75) is 0 Å². The van der Waals surface area contributed by atoms with E-state index in [0.717, 1.165) is 10.0 Å². The molecule has 0 amide bonds. The fourth-order valence-corrected chi connectivity index (χ4v) is 2.87. The quantitative estimate of drug-likeness (QED) is 0.487. The van der Waals surface area contributed by atoms with Crippen molar-refractivity contribution >= 4 is 33.0 Å². The van der Waals surface area contributed by atoms with Crippen LogP contribution in [0, 0.1) is 0 Å². The lowest BCUT2D eigenvalue weighted by atomic mass is 10.2. The summed E-state index contributed by atoms with van der Waals surface area (Å²) in [6, 6.07) is 18.4. The first-order valence-electron chi connectivity index (χ1n) is 7.58. The summed E-state index contributed by atoms with van der Waals surface area (Å²) >= 11 is 3.40. The molecule has 5 nitrogen and oxygen atoms in total. The minimum absolute atomic E-state index is 0.243. The van der Waals surface area contributed by atoms with Crippen molar-refractivity contribution in [2.24, 2.45) is 5.10 Å². The summed E-state index contributed by atoms with van der Waals surface area (Å²) in [7, 11) is 0. The van der Waals surface area contributed by atoms with Crippen molar-refractivity contribution in [3.63, 3.8) is 0 Å². The van der Waals surface area contributed by atoms with Gasteiger partial charge in [-0.1, -0.05) is 46.3 Å². The molecule has 0 aliphatic rings. The van der Waals surface area contributed by atoms with Gasteiger partial charge in [-0.3, -0.25) is 4.79 Å². The van der Waals surface area contributed by atoms with E-state index >= 15 is 0 Å². The van der Waals surface area contributed by atoms with E-state index in [9.17, 15) is 4.79 Å². The maximum absolute atomic E-state index is 13.0. The lowest BCUT2D eigenvalue weighted by Crippen LogP contribution is -2.20. The van der Waals surface area contributed by atoms with Crippen LogP contribution in [0.4, 0.5) is 0 Å². The molecule has 0 fully saturated rings. The van der Waals surface area contributed by atoms with Gasteiger partial charge in [-0.05, 0) is 30.3 Å². The predicted molar refractivity (Wildman–Crippen MR) is 101 cm³/mol. The monoisotopic (exact) mass is 393 g/mol. The van der Waals surface area contributed by atoms with Gasteiger partial charge in [-0.15, -0.1) is 0 Å². The fraction of sp³-hybridized carbons (Fsp3) is 0. The second-order valence-electron chi connectivity index (χ2n) is 5.34. The molecule has 0 atom stereocenters. The Hall–Kier alpha value is -2.99. The van der Waals surface area contributed by atoms with E-state index in [1.165, 1.54) is 10.9 Å². The van der Waals surface area contributed by atoms with Gasteiger partial charge < -0.3 is 4.42 Å². The van der Waals surface area contributed by atoms with E-state index in [2.05, 4.69) is 26.0 Å². The predicted octanol–water partition coefficient (Wildman–Crippen LogP) is 4.30. The van der Waals surface area contributed by atoms with Crippen molar-refractivity contribution < 1.29 is 4.42 Å². The first kappa shape index (κ1) is 15.5. The first-order valence-corrected chi connectivity index (χ1v) is 8.37. The molecule has 0 saturated carbocycles. The summed E-state index contributed by atoms with van der Waals surface area (Å²) in [5.74, 6) is 1.03. The third kappa shape index (κ3) is 3.04. The highest BCUT2D eigenvalue weighted by atomic mass is 79.9. The van der Waals surface area contributed by atoms with Crippen LogP contribution in [0.2, 0.25) is 0 Å². The van der Waals surface area contributed by atoms with Gasteiger partial charge in [0.05, 0.1) is 23.4 Å². The Labute approximate surface area is 151 Å². The summed E-state index contributed by atoms with van der Waals surface area (Å²) in [5.41, 5.74) is 1.19. The van der Waals surface area contributed by atoms with Crippen molar-refractivity contribution in [1.82, 2.24) is 9.66 Å². The molecule has 6 heteroatoms. The fourth-order valence-electron chi connectivity index (χ4n) is 2.51. The van der Waals surface area contributed by atoms with Gasteiger partial charge >= 0.3 is 0 Å². The number of hydrogen-bond acceptors (Lipinski definition) is 4. The Morgan fingerprint density at radius 1 is 1.08 bits per heavy atom. The van der Waals surface area contributed by atoms with Crippen LogP contribution in [0.3, 0.4) is 0 Å². The highest BCUT2D eigenvalue weighted by Gasteiger charge is 2.12. The molecular weight excluding hydrogens is 382 g/mol. The number of rotatable bonds is 3. The molecule has 0 aliphatic carbocycles. The minimum atomic E-state index is -0.243.